The van der Waals surface area contributed by atoms with Crippen LogP contribution in [-0.2, 0) is 13.1 Å². The van der Waals surface area contributed by atoms with Crippen LogP contribution < -0.4 is 15.4 Å². The molecule has 1 aromatic heterocycles. The third kappa shape index (κ3) is 3.98. The summed E-state index contributed by atoms with van der Waals surface area (Å²) < 4.78 is 10.1. The minimum absolute atomic E-state index is 0.231. The van der Waals surface area contributed by atoms with Gasteiger partial charge in [-0.05, 0) is 31.5 Å². The number of nitrogens with zero attached hydrogens (tertiary/aromatic N) is 1. The minimum Gasteiger partial charge on any atom is -0.497 e. The molecule has 0 fully saturated rings. The Bertz CT molecular complexity index is 586. The Balaban J connectivity index is 1.79. The van der Waals surface area contributed by atoms with Crippen LogP contribution in [0.1, 0.15) is 22.6 Å². The summed E-state index contributed by atoms with van der Waals surface area (Å²) in [4.78, 5) is 11.8. The van der Waals surface area contributed by atoms with Gasteiger partial charge in [-0.3, -0.25) is 0 Å². The van der Waals surface area contributed by atoms with Crippen molar-refractivity contribution in [2.45, 2.75) is 26.9 Å². The SMILES string of the molecule is COc1ccc(CNC(=O)NCc2c(C)noc2C)cc1. The van der Waals surface area contributed by atoms with Crippen molar-refractivity contribution in [1.82, 2.24) is 15.8 Å². The highest BCUT2D eigenvalue weighted by Crippen LogP contribution is 2.12. The molecule has 6 nitrogen and oxygen atoms in total. The second kappa shape index (κ2) is 6.78. The smallest absolute Gasteiger partial charge is 0.315 e. The average Bonchev–Trinajstić information content (AvgIpc) is 2.82. The highest BCUT2D eigenvalue weighted by molar-refractivity contribution is 5.73. The molecule has 6 heteroatoms. The van der Waals surface area contributed by atoms with Crippen molar-refractivity contribution in [2.75, 3.05) is 7.11 Å². The molecule has 0 aliphatic rings. The van der Waals surface area contributed by atoms with Gasteiger partial charge in [0.05, 0.1) is 12.8 Å². The van der Waals surface area contributed by atoms with E-state index in [4.69, 9.17) is 9.26 Å². The number of ether oxygens (including phenoxy) is 1. The van der Waals surface area contributed by atoms with Gasteiger partial charge in [-0.1, -0.05) is 17.3 Å². The zero-order valence-corrected chi connectivity index (χ0v) is 12.4. The Morgan fingerprint density at radius 2 is 1.86 bits per heavy atom. The van der Waals surface area contributed by atoms with Crippen molar-refractivity contribution in [2.24, 2.45) is 0 Å². The number of carbonyl (C=O) groups excluding carboxylic acids is 1. The van der Waals surface area contributed by atoms with Crippen molar-refractivity contribution in [1.29, 1.82) is 0 Å². The number of aromatic nitrogens is 1. The fourth-order valence-corrected chi connectivity index (χ4v) is 1.91. The van der Waals surface area contributed by atoms with Crippen LogP contribution in [-0.4, -0.2) is 18.3 Å². The normalized spacial score (nSPS) is 10.2. The van der Waals surface area contributed by atoms with Crippen molar-refractivity contribution >= 4 is 6.03 Å². The molecule has 0 spiro atoms. The van der Waals surface area contributed by atoms with E-state index in [-0.39, 0.29) is 6.03 Å². The first-order valence-electron chi connectivity index (χ1n) is 6.66. The van der Waals surface area contributed by atoms with Crippen LogP contribution in [0.3, 0.4) is 0 Å². The third-order valence-electron chi connectivity index (χ3n) is 3.22. The molecular weight excluding hydrogens is 270 g/mol. The van der Waals surface area contributed by atoms with E-state index in [0.29, 0.717) is 13.1 Å². The first-order valence-corrected chi connectivity index (χ1v) is 6.66. The molecule has 2 rings (SSSR count). The number of rotatable bonds is 5. The molecule has 0 aliphatic carbocycles. The number of amides is 2. The van der Waals surface area contributed by atoms with E-state index >= 15 is 0 Å². The molecule has 0 aliphatic heterocycles. The summed E-state index contributed by atoms with van der Waals surface area (Å²) in [5.74, 6) is 1.52. The first-order chi connectivity index (χ1) is 10.1. The number of nitrogens with one attached hydrogen (secondary N) is 2. The summed E-state index contributed by atoms with van der Waals surface area (Å²) in [5, 5.41) is 9.43. The molecule has 1 heterocycles. The number of carbonyl (C=O) groups is 1. The van der Waals surface area contributed by atoms with Crippen LogP contribution in [0, 0.1) is 13.8 Å². The summed E-state index contributed by atoms with van der Waals surface area (Å²) in [7, 11) is 1.62. The van der Waals surface area contributed by atoms with Gasteiger partial charge in [-0.2, -0.15) is 0 Å². The van der Waals surface area contributed by atoms with Gasteiger partial charge in [-0.15, -0.1) is 0 Å². The van der Waals surface area contributed by atoms with Gasteiger partial charge in [0.25, 0.3) is 0 Å². The van der Waals surface area contributed by atoms with Gasteiger partial charge in [0.2, 0.25) is 0 Å². The Labute approximate surface area is 123 Å². The molecule has 0 saturated heterocycles. The lowest BCUT2D eigenvalue weighted by molar-refractivity contribution is 0.240. The van der Waals surface area contributed by atoms with Crippen LogP contribution in [0.4, 0.5) is 4.79 Å². The number of benzene rings is 1. The third-order valence-corrected chi connectivity index (χ3v) is 3.22. The number of hydrogen-bond donors (Lipinski definition) is 2. The molecule has 112 valence electrons. The molecule has 0 atom stereocenters. The van der Waals surface area contributed by atoms with E-state index < -0.39 is 0 Å². The van der Waals surface area contributed by atoms with Crippen LogP contribution >= 0.6 is 0 Å². The Hall–Kier alpha value is -2.50. The lowest BCUT2D eigenvalue weighted by Gasteiger charge is -2.08. The van der Waals surface area contributed by atoms with Gasteiger partial charge in [0, 0.05) is 18.7 Å². The van der Waals surface area contributed by atoms with Gasteiger partial charge < -0.3 is 19.9 Å². The van der Waals surface area contributed by atoms with Crippen molar-refractivity contribution in [3.63, 3.8) is 0 Å². The molecule has 0 unspecified atom stereocenters. The monoisotopic (exact) mass is 289 g/mol. The van der Waals surface area contributed by atoms with E-state index in [1.54, 1.807) is 7.11 Å². The number of methoxy groups -OCH3 is 1. The molecule has 1 aromatic carbocycles. The number of aryl methyl sites for hydroxylation is 2. The van der Waals surface area contributed by atoms with Gasteiger partial charge in [0.15, 0.2) is 0 Å². The maximum Gasteiger partial charge on any atom is 0.315 e. The first kappa shape index (κ1) is 14.9. The van der Waals surface area contributed by atoms with E-state index in [0.717, 1.165) is 28.3 Å². The zero-order valence-electron chi connectivity index (χ0n) is 12.4. The van der Waals surface area contributed by atoms with Gasteiger partial charge in [0.1, 0.15) is 11.5 Å². The van der Waals surface area contributed by atoms with Crippen molar-refractivity contribution in [3.8, 4) is 5.75 Å². The summed E-state index contributed by atoms with van der Waals surface area (Å²) in [5.41, 5.74) is 2.71. The minimum atomic E-state index is -0.231. The standard InChI is InChI=1S/C15H19N3O3/c1-10-14(11(2)21-18-10)9-17-15(19)16-8-12-4-6-13(20-3)7-5-12/h4-7H,8-9H2,1-3H3,(H2,16,17,19). The summed E-state index contributed by atoms with van der Waals surface area (Å²) >= 11 is 0. The van der Waals surface area contributed by atoms with Gasteiger partial charge >= 0.3 is 6.03 Å². The van der Waals surface area contributed by atoms with Crippen LogP contribution in [0.15, 0.2) is 28.8 Å². The fourth-order valence-electron chi connectivity index (χ4n) is 1.91. The maximum absolute atomic E-state index is 11.8. The Morgan fingerprint density at radius 3 is 2.43 bits per heavy atom. The summed E-state index contributed by atoms with van der Waals surface area (Å²) in [6, 6.07) is 7.31. The maximum atomic E-state index is 11.8. The molecule has 2 amide bonds. The Kier molecular flexibility index (Phi) is 4.81. The zero-order chi connectivity index (χ0) is 15.2. The fraction of sp³-hybridized carbons (Fsp3) is 0.333. The predicted octanol–water partition coefficient (Wildman–Crippen LogP) is 2.30. The van der Waals surface area contributed by atoms with Gasteiger partial charge in [-0.25, -0.2) is 4.79 Å². The second-order valence-electron chi connectivity index (χ2n) is 4.69. The van der Waals surface area contributed by atoms with Crippen molar-refractivity contribution < 1.29 is 14.1 Å². The predicted molar refractivity (Wildman–Crippen MR) is 78.0 cm³/mol. The lowest BCUT2D eigenvalue weighted by Crippen LogP contribution is -2.34. The molecule has 2 N–H and O–H groups in total. The van der Waals surface area contributed by atoms with E-state index in [1.807, 2.05) is 38.1 Å². The molecule has 2 aromatic rings. The summed E-state index contributed by atoms with van der Waals surface area (Å²) in [6.07, 6.45) is 0. The molecular formula is C15H19N3O3. The van der Waals surface area contributed by atoms with Crippen LogP contribution in [0.5, 0.6) is 5.75 Å². The van der Waals surface area contributed by atoms with Crippen LogP contribution in [0.25, 0.3) is 0 Å². The van der Waals surface area contributed by atoms with E-state index in [9.17, 15) is 4.79 Å². The van der Waals surface area contributed by atoms with Crippen LogP contribution in [0.2, 0.25) is 0 Å². The molecule has 21 heavy (non-hydrogen) atoms. The summed E-state index contributed by atoms with van der Waals surface area (Å²) in [6.45, 7) is 4.53. The second-order valence-corrected chi connectivity index (χ2v) is 4.69. The molecule has 0 radical (unpaired) electrons. The highest BCUT2D eigenvalue weighted by atomic mass is 16.5. The number of hydrogen-bond acceptors (Lipinski definition) is 4. The van der Waals surface area contributed by atoms with Crippen molar-refractivity contribution in [3.05, 3.63) is 46.8 Å². The molecule has 0 saturated carbocycles. The number of urea groups is 1. The Morgan fingerprint density at radius 1 is 1.19 bits per heavy atom. The largest absolute Gasteiger partial charge is 0.497 e. The quantitative estimate of drug-likeness (QED) is 0.885. The molecule has 0 bridgehead atoms. The highest BCUT2D eigenvalue weighted by Gasteiger charge is 2.09. The average molecular weight is 289 g/mol. The lowest BCUT2D eigenvalue weighted by atomic mass is 10.2. The van der Waals surface area contributed by atoms with E-state index in [2.05, 4.69) is 15.8 Å². The topological polar surface area (TPSA) is 76.4 Å². The van der Waals surface area contributed by atoms with E-state index in [1.165, 1.54) is 0 Å².